The van der Waals surface area contributed by atoms with E-state index < -0.39 is 11.9 Å². The second kappa shape index (κ2) is 6.68. The molecule has 0 aliphatic rings. The summed E-state index contributed by atoms with van der Waals surface area (Å²) in [6.07, 6.45) is -4.56. The molecule has 8 heteroatoms. The number of nitrogens with zero attached hydrogens (tertiary/aromatic N) is 1. The summed E-state index contributed by atoms with van der Waals surface area (Å²) in [6, 6.07) is 12.2. The molecule has 0 spiro atoms. The zero-order valence-corrected chi connectivity index (χ0v) is 13.4. The van der Waals surface area contributed by atoms with Crippen LogP contribution in [-0.2, 0) is 12.8 Å². The summed E-state index contributed by atoms with van der Waals surface area (Å²) < 4.78 is 43.9. The third-order valence-electron chi connectivity index (χ3n) is 3.45. The average Bonchev–Trinajstić information content (AvgIpc) is 3.04. The van der Waals surface area contributed by atoms with Crippen molar-refractivity contribution < 1.29 is 23.0 Å². The quantitative estimate of drug-likeness (QED) is 0.678. The lowest BCUT2D eigenvalue weighted by molar-refractivity contribution is -0.141. The van der Waals surface area contributed by atoms with Gasteiger partial charge in [-0.15, -0.1) is 0 Å². The predicted molar refractivity (Wildman–Crippen MR) is 86.5 cm³/mol. The lowest BCUT2D eigenvalue weighted by Crippen LogP contribution is -2.04. The van der Waals surface area contributed by atoms with Gasteiger partial charge < -0.3 is 9.84 Å². The van der Waals surface area contributed by atoms with Gasteiger partial charge >= 0.3 is 6.18 Å². The number of phenols is 1. The summed E-state index contributed by atoms with van der Waals surface area (Å²) in [6.45, 7) is 0.157. The van der Waals surface area contributed by atoms with Gasteiger partial charge in [-0.2, -0.15) is 18.3 Å². The fourth-order valence-corrected chi connectivity index (χ4v) is 2.36. The third kappa shape index (κ3) is 3.88. The molecule has 2 N–H and O–H groups in total. The van der Waals surface area contributed by atoms with E-state index in [1.54, 1.807) is 30.3 Å². The number of ether oxygens (including phenoxy) is 1. The Morgan fingerprint density at radius 1 is 1.12 bits per heavy atom. The van der Waals surface area contributed by atoms with Crippen LogP contribution in [0.25, 0.3) is 11.3 Å². The number of rotatable bonds is 4. The molecule has 0 radical (unpaired) electrons. The lowest BCUT2D eigenvalue weighted by atomic mass is 10.1. The number of halogens is 4. The molecule has 3 aromatic rings. The minimum absolute atomic E-state index is 0.0588. The fraction of sp³-hybridized carbons (Fsp3) is 0.118. The van der Waals surface area contributed by atoms with Crippen molar-refractivity contribution in [2.75, 3.05) is 0 Å². The van der Waals surface area contributed by atoms with Crippen LogP contribution in [0.5, 0.6) is 11.5 Å². The number of H-pyrrole nitrogens is 1. The average molecular weight is 369 g/mol. The van der Waals surface area contributed by atoms with Crippen LogP contribution in [0.3, 0.4) is 0 Å². The highest BCUT2D eigenvalue weighted by atomic mass is 35.5. The maximum Gasteiger partial charge on any atom is 0.432 e. The van der Waals surface area contributed by atoms with Gasteiger partial charge in [0.25, 0.3) is 0 Å². The van der Waals surface area contributed by atoms with Crippen LogP contribution in [0.4, 0.5) is 13.2 Å². The number of benzene rings is 2. The molecule has 0 amide bonds. The van der Waals surface area contributed by atoms with Crippen molar-refractivity contribution in [3.05, 3.63) is 64.8 Å². The molecular formula is C17H12ClF3N2O2. The van der Waals surface area contributed by atoms with Gasteiger partial charge in [-0.3, -0.25) is 5.10 Å². The first-order valence-corrected chi connectivity index (χ1v) is 7.54. The molecule has 130 valence electrons. The first-order valence-electron chi connectivity index (χ1n) is 7.17. The molecule has 0 atom stereocenters. The van der Waals surface area contributed by atoms with Gasteiger partial charge in [0.1, 0.15) is 29.5 Å². The smallest absolute Gasteiger partial charge is 0.432 e. The summed E-state index contributed by atoms with van der Waals surface area (Å²) >= 11 is 5.82. The molecule has 4 nitrogen and oxygen atoms in total. The Labute approximate surface area is 145 Å². The van der Waals surface area contributed by atoms with E-state index in [-0.39, 0.29) is 29.4 Å². The Hall–Kier alpha value is -2.67. The molecule has 0 aliphatic carbocycles. The molecule has 3 rings (SSSR count). The summed E-state index contributed by atoms with van der Waals surface area (Å²) in [5.41, 5.74) is -0.161. The van der Waals surface area contributed by atoms with E-state index in [4.69, 9.17) is 16.3 Å². The Bertz CT molecular complexity index is 876. The highest BCUT2D eigenvalue weighted by Crippen LogP contribution is 2.39. The van der Waals surface area contributed by atoms with Gasteiger partial charge in [0, 0.05) is 5.02 Å². The molecule has 1 heterocycles. The maximum atomic E-state index is 12.7. The summed E-state index contributed by atoms with van der Waals surface area (Å²) in [5.74, 6) is -0.0102. The van der Waals surface area contributed by atoms with Gasteiger partial charge in [-0.25, -0.2) is 0 Å². The van der Waals surface area contributed by atoms with Crippen LogP contribution in [-0.4, -0.2) is 15.3 Å². The number of aromatic amines is 1. The first kappa shape index (κ1) is 17.2. The normalized spacial score (nSPS) is 11.5. The highest BCUT2D eigenvalue weighted by molar-refractivity contribution is 6.30. The standard InChI is InChI=1S/C17H12ClF3N2O2/c18-11-6-4-10(5-7-11)9-25-14-3-1-2-13(24)16(14)12-8-15(23-22-12)17(19,20)21/h1-8,24H,9H2,(H,22,23). The van der Waals surface area contributed by atoms with E-state index in [1.807, 2.05) is 5.10 Å². The van der Waals surface area contributed by atoms with Crippen molar-refractivity contribution in [3.8, 4) is 22.8 Å². The Balaban J connectivity index is 1.89. The number of nitrogens with one attached hydrogen (secondary N) is 1. The van der Waals surface area contributed by atoms with E-state index in [2.05, 4.69) is 5.10 Å². The van der Waals surface area contributed by atoms with E-state index in [1.165, 1.54) is 12.1 Å². The second-order valence-corrected chi connectivity index (χ2v) is 5.67. The largest absolute Gasteiger partial charge is 0.507 e. The number of hydrogen-bond donors (Lipinski definition) is 2. The van der Waals surface area contributed by atoms with Crippen molar-refractivity contribution in [3.63, 3.8) is 0 Å². The molecule has 0 saturated heterocycles. The van der Waals surface area contributed by atoms with Crippen molar-refractivity contribution in [1.82, 2.24) is 10.2 Å². The molecule has 0 aliphatic heterocycles. The number of aromatic hydroxyl groups is 1. The summed E-state index contributed by atoms with van der Waals surface area (Å²) in [4.78, 5) is 0. The van der Waals surface area contributed by atoms with Gasteiger partial charge in [0.15, 0.2) is 0 Å². The van der Waals surface area contributed by atoms with E-state index in [0.29, 0.717) is 5.02 Å². The molecule has 0 fully saturated rings. The van der Waals surface area contributed by atoms with Crippen molar-refractivity contribution in [2.45, 2.75) is 12.8 Å². The van der Waals surface area contributed by atoms with Gasteiger partial charge in [-0.05, 0) is 35.9 Å². The molecule has 1 aromatic heterocycles. The number of hydrogen-bond acceptors (Lipinski definition) is 3. The van der Waals surface area contributed by atoms with Crippen LogP contribution >= 0.6 is 11.6 Å². The summed E-state index contributed by atoms with van der Waals surface area (Å²) in [7, 11) is 0. The zero-order valence-electron chi connectivity index (χ0n) is 12.6. The van der Waals surface area contributed by atoms with Crippen LogP contribution in [0.1, 0.15) is 11.3 Å². The Kier molecular flexibility index (Phi) is 4.59. The minimum Gasteiger partial charge on any atom is -0.507 e. The van der Waals surface area contributed by atoms with Crippen molar-refractivity contribution in [1.29, 1.82) is 0 Å². The topological polar surface area (TPSA) is 58.1 Å². The number of alkyl halides is 3. The monoisotopic (exact) mass is 368 g/mol. The van der Waals surface area contributed by atoms with Gasteiger partial charge in [-0.1, -0.05) is 29.8 Å². The third-order valence-corrected chi connectivity index (χ3v) is 3.70. The first-order chi connectivity index (χ1) is 11.8. The SMILES string of the molecule is Oc1cccc(OCc2ccc(Cl)cc2)c1-c1cc(C(F)(F)F)[nH]n1. The van der Waals surface area contributed by atoms with Crippen LogP contribution < -0.4 is 4.74 Å². The highest BCUT2D eigenvalue weighted by Gasteiger charge is 2.33. The fourth-order valence-electron chi connectivity index (χ4n) is 2.23. The Morgan fingerprint density at radius 2 is 1.84 bits per heavy atom. The molecule has 0 saturated carbocycles. The molecule has 0 unspecified atom stereocenters. The van der Waals surface area contributed by atoms with Crippen molar-refractivity contribution in [2.24, 2.45) is 0 Å². The Morgan fingerprint density at radius 3 is 2.48 bits per heavy atom. The predicted octanol–water partition coefficient (Wildman–Crippen LogP) is 5.03. The van der Waals surface area contributed by atoms with Crippen LogP contribution in [0, 0.1) is 0 Å². The minimum atomic E-state index is -4.56. The summed E-state index contributed by atoms with van der Waals surface area (Å²) in [5, 5.41) is 16.2. The number of aromatic nitrogens is 2. The molecular weight excluding hydrogens is 357 g/mol. The van der Waals surface area contributed by atoms with Crippen molar-refractivity contribution >= 4 is 11.6 Å². The lowest BCUT2D eigenvalue weighted by Gasteiger charge is -2.11. The molecule has 0 bridgehead atoms. The van der Waals surface area contributed by atoms with E-state index >= 15 is 0 Å². The second-order valence-electron chi connectivity index (χ2n) is 5.23. The van der Waals surface area contributed by atoms with Crippen LogP contribution in [0.15, 0.2) is 48.5 Å². The zero-order chi connectivity index (χ0) is 18.0. The van der Waals surface area contributed by atoms with E-state index in [9.17, 15) is 18.3 Å². The number of phenolic OH excluding ortho intramolecular Hbond substituents is 1. The van der Waals surface area contributed by atoms with E-state index in [0.717, 1.165) is 11.6 Å². The maximum absolute atomic E-state index is 12.7. The van der Waals surface area contributed by atoms with Crippen LogP contribution in [0.2, 0.25) is 5.02 Å². The molecule has 2 aromatic carbocycles. The molecule has 25 heavy (non-hydrogen) atoms. The van der Waals surface area contributed by atoms with Gasteiger partial charge in [0.05, 0.1) is 5.56 Å². The van der Waals surface area contributed by atoms with Gasteiger partial charge in [0.2, 0.25) is 0 Å².